The molecule has 0 amide bonds. The van der Waals surface area contributed by atoms with Gasteiger partial charge in [0, 0.05) is 12.5 Å². The molecule has 0 aliphatic carbocycles. The van der Waals surface area contributed by atoms with Gasteiger partial charge in [0.2, 0.25) is 11.7 Å². The molecule has 1 aliphatic heterocycles. The van der Waals surface area contributed by atoms with Gasteiger partial charge in [0.05, 0.1) is 0 Å². The second-order valence-corrected chi connectivity index (χ2v) is 4.91. The Morgan fingerprint density at radius 1 is 1.43 bits per heavy atom. The normalized spacial score (nSPS) is 17.5. The number of nitrogens with one attached hydrogen (secondary N) is 1. The predicted molar refractivity (Wildman–Crippen MR) is 77.0 cm³/mol. The van der Waals surface area contributed by atoms with Crippen molar-refractivity contribution in [1.82, 2.24) is 15.5 Å². The molecule has 2 heterocycles. The van der Waals surface area contributed by atoms with Crippen molar-refractivity contribution < 1.29 is 13.7 Å². The Hall–Kier alpha value is -1.66. The van der Waals surface area contributed by atoms with Gasteiger partial charge in [-0.2, -0.15) is 4.98 Å². The maximum atomic E-state index is 13.0. The fourth-order valence-corrected chi connectivity index (χ4v) is 2.27. The molecule has 0 radical (unpaired) electrons. The zero-order valence-electron chi connectivity index (χ0n) is 11.4. The Kier molecular flexibility index (Phi) is 5.52. The summed E-state index contributed by atoms with van der Waals surface area (Å²) in [6.45, 7) is 2.22. The Bertz CT molecular complexity index is 573. The molecule has 1 fully saturated rings. The SMILES string of the molecule is Cl.Fc1cccc(OCc2noc(CC3CCNC3)n2)c1. The molecule has 0 bridgehead atoms. The van der Waals surface area contributed by atoms with Crippen molar-refractivity contribution in [3.8, 4) is 5.75 Å². The van der Waals surface area contributed by atoms with Crippen LogP contribution in [0.5, 0.6) is 5.75 Å². The summed E-state index contributed by atoms with van der Waals surface area (Å²) < 4.78 is 23.6. The van der Waals surface area contributed by atoms with Crippen LogP contribution in [0.2, 0.25) is 0 Å². The van der Waals surface area contributed by atoms with Crippen molar-refractivity contribution in [2.75, 3.05) is 13.1 Å². The molecule has 114 valence electrons. The van der Waals surface area contributed by atoms with Crippen LogP contribution in [-0.4, -0.2) is 23.2 Å². The second-order valence-electron chi connectivity index (χ2n) is 4.91. The summed E-state index contributed by atoms with van der Waals surface area (Å²) in [7, 11) is 0. The highest BCUT2D eigenvalue weighted by Gasteiger charge is 2.18. The number of ether oxygens (including phenoxy) is 1. The minimum Gasteiger partial charge on any atom is -0.485 e. The van der Waals surface area contributed by atoms with Gasteiger partial charge in [-0.05, 0) is 37.6 Å². The van der Waals surface area contributed by atoms with E-state index in [2.05, 4.69) is 15.5 Å². The first-order chi connectivity index (χ1) is 9.79. The summed E-state index contributed by atoms with van der Waals surface area (Å²) in [5.74, 6) is 1.81. The Morgan fingerprint density at radius 2 is 2.33 bits per heavy atom. The number of nitrogens with zero attached hydrogens (tertiary/aromatic N) is 2. The number of halogens is 2. The van der Waals surface area contributed by atoms with E-state index in [-0.39, 0.29) is 24.8 Å². The van der Waals surface area contributed by atoms with Gasteiger partial charge in [-0.15, -0.1) is 12.4 Å². The smallest absolute Gasteiger partial charge is 0.227 e. The molecule has 1 atom stereocenters. The summed E-state index contributed by atoms with van der Waals surface area (Å²) >= 11 is 0. The zero-order valence-corrected chi connectivity index (χ0v) is 12.2. The topological polar surface area (TPSA) is 60.2 Å². The summed E-state index contributed by atoms with van der Waals surface area (Å²) in [5, 5.41) is 7.17. The van der Waals surface area contributed by atoms with Gasteiger partial charge in [0.15, 0.2) is 6.61 Å². The molecule has 1 aromatic carbocycles. The first-order valence-corrected chi connectivity index (χ1v) is 6.70. The van der Waals surface area contributed by atoms with Gasteiger partial charge < -0.3 is 14.6 Å². The molecule has 1 unspecified atom stereocenters. The van der Waals surface area contributed by atoms with Crippen LogP contribution in [0.15, 0.2) is 28.8 Å². The van der Waals surface area contributed by atoms with Gasteiger partial charge in [-0.1, -0.05) is 11.2 Å². The minimum atomic E-state index is -0.329. The van der Waals surface area contributed by atoms with Crippen molar-refractivity contribution in [3.05, 3.63) is 41.8 Å². The van der Waals surface area contributed by atoms with Crippen LogP contribution in [0.3, 0.4) is 0 Å². The minimum absolute atomic E-state index is 0. The maximum absolute atomic E-state index is 13.0. The molecular weight excluding hydrogens is 297 g/mol. The number of hydrogen-bond donors (Lipinski definition) is 1. The third-order valence-electron chi connectivity index (χ3n) is 3.30. The van der Waals surface area contributed by atoms with Gasteiger partial charge >= 0.3 is 0 Å². The average Bonchev–Trinajstić information content (AvgIpc) is 3.09. The molecule has 1 N–H and O–H groups in total. The molecular formula is C14H17ClFN3O2. The average molecular weight is 314 g/mol. The van der Waals surface area contributed by atoms with Crippen molar-refractivity contribution >= 4 is 12.4 Å². The zero-order chi connectivity index (χ0) is 13.8. The van der Waals surface area contributed by atoms with Crippen LogP contribution < -0.4 is 10.1 Å². The largest absolute Gasteiger partial charge is 0.485 e. The highest BCUT2D eigenvalue weighted by Crippen LogP contribution is 2.15. The Labute approximate surface area is 128 Å². The maximum Gasteiger partial charge on any atom is 0.227 e. The molecule has 3 rings (SSSR count). The van der Waals surface area contributed by atoms with Gasteiger partial charge in [0.1, 0.15) is 11.6 Å². The third kappa shape index (κ3) is 4.41. The van der Waals surface area contributed by atoms with Crippen LogP contribution in [0.1, 0.15) is 18.1 Å². The Balaban J connectivity index is 0.00000161. The number of benzene rings is 1. The van der Waals surface area contributed by atoms with Gasteiger partial charge in [-0.25, -0.2) is 4.39 Å². The first kappa shape index (κ1) is 15.7. The van der Waals surface area contributed by atoms with Crippen LogP contribution in [0, 0.1) is 11.7 Å². The molecule has 1 saturated heterocycles. The standard InChI is InChI=1S/C14H16FN3O2.ClH/c15-11-2-1-3-12(7-11)19-9-13-17-14(20-18-13)6-10-4-5-16-8-10;/h1-3,7,10,16H,4-6,8-9H2;1H. The molecule has 0 spiro atoms. The number of aromatic nitrogens is 2. The van der Waals surface area contributed by atoms with Gasteiger partial charge in [0.25, 0.3) is 0 Å². The van der Waals surface area contributed by atoms with Crippen LogP contribution in [0.4, 0.5) is 4.39 Å². The first-order valence-electron chi connectivity index (χ1n) is 6.70. The fraction of sp³-hybridized carbons (Fsp3) is 0.429. The van der Waals surface area contributed by atoms with E-state index >= 15 is 0 Å². The Morgan fingerprint density at radius 3 is 3.10 bits per heavy atom. The monoisotopic (exact) mass is 313 g/mol. The van der Waals surface area contributed by atoms with Gasteiger partial charge in [-0.3, -0.25) is 0 Å². The summed E-state index contributed by atoms with van der Waals surface area (Å²) in [5.41, 5.74) is 0. The number of hydrogen-bond acceptors (Lipinski definition) is 5. The molecule has 5 nitrogen and oxygen atoms in total. The van der Waals surface area contributed by atoms with Crippen LogP contribution in [-0.2, 0) is 13.0 Å². The number of rotatable bonds is 5. The van der Waals surface area contributed by atoms with Crippen molar-refractivity contribution in [2.45, 2.75) is 19.4 Å². The highest BCUT2D eigenvalue weighted by molar-refractivity contribution is 5.85. The third-order valence-corrected chi connectivity index (χ3v) is 3.30. The summed E-state index contributed by atoms with van der Waals surface area (Å²) in [6, 6.07) is 5.98. The van der Waals surface area contributed by atoms with E-state index in [1.165, 1.54) is 12.1 Å². The van der Waals surface area contributed by atoms with E-state index in [9.17, 15) is 4.39 Å². The van der Waals surface area contributed by atoms with E-state index < -0.39 is 0 Å². The fourth-order valence-electron chi connectivity index (χ4n) is 2.27. The van der Waals surface area contributed by atoms with E-state index in [1.807, 2.05) is 0 Å². The van der Waals surface area contributed by atoms with Crippen molar-refractivity contribution in [1.29, 1.82) is 0 Å². The van der Waals surface area contributed by atoms with E-state index in [4.69, 9.17) is 9.26 Å². The predicted octanol–water partition coefficient (Wildman–Crippen LogP) is 2.36. The molecule has 2 aromatic rings. The lowest BCUT2D eigenvalue weighted by atomic mass is 10.1. The van der Waals surface area contributed by atoms with E-state index in [0.717, 1.165) is 25.9 Å². The summed E-state index contributed by atoms with van der Waals surface area (Å²) in [6.07, 6.45) is 1.93. The van der Waals surface area contributed by atoms with E-state index in [1.54, 1.807) is 12.1 Å². The lowest BCUT2D eigenvalue weighted by molar-refractivity contribution is 0.283. The summed E-state index contributed by atoms with van der Waals surface area (Å²) in [4.78, 5) is 4.29. The van der Waals surface area contributed by atoms with Crippen molar-refractivity contribution in [2.24, 2.45) is 5.92 Å². The molecule has 7 heteroatoms. The highest BCUT2D eigenvalue weighted by atomic mass is 35.5. The molecule has 1 aromatic heterocycles. The van der Waals surface area contributed by atoms with Crippen LogP contribution in [0.25, 0.3) is 0 Å². The molecule has 21 heavy (non-hydrogen) atoms. The van der Waals surface area contributed by atoms with Crippen LogP contribution >= 0.6 is 12.4 Å². The second kappa shape index (κ2) is 7.38. The van der Waals surface area contributed by atoms with E-state index in [0.29, 0.717) is 23.4 Å². The quantitative estimate of drug-likeness (QED) is 0.918. The van der Waals surface area contributed by atoms with Crippen molar-refractivity contribution in [3.63, 3.8) is 0 Å². The lowest BCUT2D eigenvalue weighted by Crippen LogP contribution is -2.10. The lowest BCUT2D eigenvalue weighted by Gasteiger charge is -2.03. The molecule has 1 aliphatic rings. The molecule has 0 saturated carbocycles.